The molecule has 2 aromatic carbocycles. The average molecular weight is 444 g/mol. The van der Waals surface area contributed by atoms with Crippen LogP contribution in [0.5, 0.6) is 0 Å². The average Bonchev–Trinajstić information content (AvgIpc) is 3.13. The van der Waals surface area contributed by atoms with Gasteiger partial charge in [0.05, 0.1) is 23.0 Å². The van der Waals surface area contributed by atoms with E-state index in [1.54, 1.807) is 19.9 Å². The fourth-order valence-corrected chi connectivity index (χ4v) is 3.73. The Labute approximate surface area is 182 Å². The first-order valence-corrected chi connectivity index (χ1v) is 9.69. The number of hydrogen-bond donors (Lipinski definition) is 1. The molecule has 0 aliphatic carbocycles. The largest absolute Gasteiger partial charge is 0.416 e. The third-order valence-electron chi connectivity index (χ3n) is 5.25. The van der Waals surface area contributed by atoms with Gasteiger partial charge in [-0.15, -0.1) is 0 Å². The number of H-pyrrole nitrogens is 1. The van der Waals surface area contributed by atoms with Crippen LogP contribution in [0.1, 0.15) is 40.3 Å². The lowest BCUT2D eigenvalue weighted by Gasteiger charge is -2.21. The first kappa shape index (κ1) is 23.2. The molecule has 0 radical (unpaired) electrons. The number of aromatic amines is 1. The summed E-state index contributed by atoms with van der Waals surface area (Å²) in [5.41, 5.74) is 1.27. The molecule has 0 fully saturated rings. The van der Waals surface area contributed by atoms with E-state index in [4.69, 9.17) is 0 Å². The maximum Gasteiger partial charge on any atom is 0.416 e. The van der Waals surface area contributed by atoms with Crippen LogP contribution < -0.4 is 0 Å². The Hall–Kier alpha value is -3.48. The molecule has 0 saturated carbocycles. The van der Waals surface area contributed by atoms with Crippen LogP contribution in [0.3, 0.4) is 0 Å². The summed E-state index contributed by atoms with van der Waals surface area (Å²) >= 11 is 0. The fraction of sp³-hybridized carbons (Fsp3) is 0.160. The molecule has 7 heteroatoms. The van der Waals surface area contributed by atoms with Crippen molar-refractivity contribution in [1.29, 1.82) is 0 Å². The number of nitrogens with one attached hydrogen (secondary N) is 1. The molecule has 0 saturated heterocycles. The Balaban J connectivity index is 2.29. The Morgan fingerprint density at radius 1 is 1.00 bits per heavy atom. The second-order valence-electron chi connectivity index (χ2n) is 7.39. The number of allylic oxidation sites excluding steroid dienone is 3. The van der Waals surface area contributed by atoms with Gasteiger partial charge in [-0.2, -0.15) is 18.3 Å². The molecule has 0 bridgehead atoms. The smallest absolute Gasteiger partial charge is 0.278 e. The normalized spacial score (nSPS) is 12.2. The molecule has 0 unspecified atom stereocenters. The van der Waals surface area contributed by atoms with E-state index in [9.17, 15) is 22.0 Å². The number of rotatable bonds is 5. The molecule has 1 heterocycles. The molecule has 32 heavy (non-hydrogen) atoms. The van der Waals surface area contributed by atoms with E-state index in [0.717, 1.165) is 24.3 Å². The van der Waals surface area contributed by atoms with Crippen molar-refractivity contribution >= 4 is 17.2 Å². The highest BCUT2D eigenvalue weighted by Gasteiger charge is 2.33. The first-order valence-electron chi connectivity index (χ1n) is 9.69. The van der Waals surface area contributed by atoms with Gasteiger partial charge in [0, 0.05) is 5.56 Å². The van der Waals surface area contributed by atoms with Gasteiger partial charge in [0.25, 0.3) is 0 Å². The van der Waals surface area contributed by atoms with E-state index in [0.29, 0.717) is 22.4 Å². The van der Waals surface area contributed by atoms with Crippen LogP contribution in [0.15, 0.2) is 49.7 Å². The number of halogens is 5. The van der Waals surface area contributed by atoms with Gasteiger partial charge in [-0.25, -0.2) is 8.78 Å². The molecule has 0 aliphatic rings. The molecule has 166 valence electrons. The van der Waals surface area contributed by atoms with Crippen molar-refractivity contribution in [2.24, 2.45) is 0 Å². The van der Waals surface area contributed by atoms with Gasteiger partial charge in [0.2, 0.25) is 0 Å². The van der Waals surface area contributed by atoms with Gasteiger partial charge in [-0.05, 0) is 78.4 Å². The van der Waals surface area contributed by atoms with Gasteiger partial charge < -0.3 is 0 Å². The maximum atomic E-state index is 14.8. The minimum atomic E-state index is -4.57. The van der Waals surface area contributed by atoms with Crippen LogP contribution >= 0.6 is 0 Å². The Bertz CT molecular complexity index is 1220. The van der Waals surface area contributed by atoms with Gasteiger partial charge in [0.1, 0.15) is 11.6 Å². The quantitative estimate of drug-likeness (QED) is 0.316. The van der Waals surface area contributed by atoms with Gasteiger partial charge >= 0.3 is 6.18 Å². The summed E-state index contributed by atoms with van der Waals surface area (Å²) in [7, 11) is 0. The second-order valence-corrected chi connectivity index (χ2v) is 7.39. The van der Waals surface area contributed by atoms with E-state index < -0.39 is 23.4 Å². The van der Waals surface area contributed by atoms with Crippen LogP contribution in [-0.2, 0) is 6.18 Å². The third kappa shape index (κ3) is 4.15. The highest BCUT2D eigenvalue weighted by atomic mass is 19.4. The number of aryl methyl sites for hydroxylation is 2. The standard InChI is InChI=1S/C25H21F5N2/c1-6-16-9-20(26)23(21(27)10-16)15(5)18(7-2)22-13(3)8-17(25(28,29)30)11-19(22)24-14(4)12-31-32-24/h6-12H,1,5H2,2-4H3,(H,31,32)/b18-7-. The van der Waals surface area contributed by atoms with Crippen LogP contribution in [0, 0.1) is 25.5 Å². The molecule has 2 nitrogen and oxygen atoms in total. The summed E-state index contributed by atoms with van der Waals surface area (Å²) in [6, 6.07) is 4.27. The van der Waals surface area contributed by atoms with Crippen LogP contribution in [-0.4, -0.2) is 10.2 Å². The topological polar surface area (TPSA) is 28.7 Å². The summed E-state index contributed by atoms with van der Waals surface area (Å²) in [5.74, 6) is -1.68. The van der Waals surface area contributed by atoms with Crippen molar-refractivity contribution in [1.82, 2.24) is 10.2 Å². The molecule has 3 rings (SSSR count). The van der Waals surface area contributed by atoms with Crippen LogP contribution in [0.2, 0.25) is 0 Å². The van der Waals surface area contributed by atoms with E-state index in [1.165, 1.54) is 19.2 Å². The molecule has 1 aromatic heterocycles. The van der Waals surface area contributed by atoms with Crippen LogP contribution in [0.25, 0.3) is 28.5 Å². The van der Waals surface area contributed by atoms with Gasteiger partial charge in [-0.1, -0.05) is 25.3 Å². The number of nitrogens with zero attached hydrogens (tertiary/aromatic N) is 1. The highest BCUT2D eigenvalue weighted by Crippen LogP contribution is 2.43. The van der Waals surface area contributed by atoms with Crippen molar-refractivity contribution in [3.05, 3.63) is 94.7 Å². The molecule has 0 spiro atoms. The van der Waals surface area contributed by atoms with Crippen molar-refractivity contribution in [3.8, 4) is 11.3 Å². The zero-order valence-electron chi connectivity index (χ0n) is 17.8. The lowest BCUT2D eigenvalue weighted by atomic mass is 9.84. The fourth-order valence-electron chi connectivity index (χ4n) is 3.73. The number of hydrogen-bond acceptors (Lipinski definition) is 1. The first-order chi connectivity index (χ1) is 15.0. The lowest BCUT2D eigenvalue weighted by Crippen LogP contribution is -2.08. The van der Waals surface area contributed by atoms with Gasteiger partial charge in [-0.3, -0.25) is 5.10 Å². The summed E-state index contributed by atoms with van der Waals surface area (Å²) in [6.07, 6.45) is -0.189. The van der Waals surface area contributed by atoms with E-state index >= 15 is 0 Å². The minimum absolute atomic E-state index is 0.0133. The molecule has 1 N–H and O–H groups in total. The SMILES string of the molecule is C=Cc1cc(F)c(C(=C)/C(=C/C)c2c(C)cc(C(F)(F)F)cc2-c2[nH]ncc2C)c(F)c1. The number of alkyl halides is 3. The zero-order valence-corrected chi connectivity index (χ0v) is 17.8. The number of benzene rings is 2. The molecule has 0 aliphatic heterocycles. The van der Waals surface area contributed by atoms with Gasteiger partial charge in [0.15, 0.2) is 0 Å². The predicted octanol–water partition coefficient (Wildman–Crippen LogP) is 7.75. The predicted molar refractivity (Wildman–Crippen MR) is 118 cm³/mol. The third-order valence-corrected chi connectivity index (χ3v) is 5.25. The second kappa shape index (κ2) is 8.57. The van der Waals surface area contributed by atoms with Crippen molar-refractivity contribution in [3.63, 3.8) is 0 Å². The van der Waals surface area contributed by atoms with Crippen molar-refractivity contribution in [2.75, 3.05) is 0 Å². The Morgan fingerprint density at radius 2 is 1.62 bits per heavy atom. The summed E-state index contributed by atoms with van der Waals surface area (Å²) in [4.78, 5) is 0. The number of aromatic nitrogens is 2. The Kier molecular flexibility index (Phi) is 6.21. The molecule has 3 aromatic rings. The van der Waals surface area contributed by atoms with Crippen molar-refractivity contribution in [2.45, 2.75) is 26.9 Å². The summed E-state index contributed by atoms with van der Waals surface area (Å²) in [5, 5.41) is 6.65. The minimum Gasteiger partial charge on any atom is -0.278 e. The van der Waals surface area contributed by atoms with E-state index in [-0.39, 0.29) is 27.8 Å². The van der Waals surface area contributed by atoms with E-state index in [1.807, 2.05) is 0 Å². The van der Waals surface area contributed by atoms with Crippen molar-refractivity contribution < 1.29 is 22.0 Å². The highest BCUT2D eigenvalue weighted by molar-refractivity contribution is 6.07. The maximum absolute atomic E-state index is 14.8. The molecule has 0 amide bonds. The van der Waals surface area contributed by atoms with Crippen LogP contribution in [0.4, 0.5) is 22.0 Å². The summed E-state index contributed by atoms with van der Waals surface area (Å²) in [6.45, 7) is 12.2. The lowest BCUT2D eigenvalue weighted by molar-refractivity contribution is -0.137. The zero-order chi connectivity index (χ0) is 23.8. The molecule has 0 atom stereocenters. The monoisotopic (exact) mass is 444 g/mol. The molecular formula is C25H21F5N2. The van der Waals surface area contributed by atoms with E-state index in [2.05, 4.69) is 23.4 Å². The Morgan fingerprint density at radius 3 is 2.09 bits per heavy atom. The summed E-state index contributed by atoms with van der Waals surface area (Å²) < 4.78 is 70.2. The molecular weight excluding hydrogens is 423 g/mol.